The predicted octanol–water partition coefficient (Wildman–Crippen LogP) is 13.7. The normalized spacial score (nSPS) is 14.0. The second-order valence-electron chi connectivity index (χ2n) is 15.2. The van der Waals surface area contributed by atoms with Gasteiger partial charge in [-0.3, -0.25) is 0 Å². The SMILES string of the molecule is c1ccc(C2(c3ccc(-c4cccc(-c5cccc(C6(c7ccccc7)c7ccccc7-c7ccccc76)c5)c4)cc3)c3ccccc3-c3ccccc32)cc1. The molecular weight excluding hydrogens is 673 g/mol. The van der Waals surface area contributed by atoms with Gasteiger partial charge in [-0.15, -0.1) is 0 Å². The van der Waals surface area contributed by atoms with Crippen molar-refractivity contribution in [2.24, 2.45) is 0 Å². The molecule has 56 heavy (non-hydrogen) atoms. The Kier molecular flexibility index (Phi) is 7.41. The highest BCUT2D eigenvalue weighted by Gasteiger charge is 2.47. The van der Waals surface area contributed by atoms with Gasteiger partial charge in [0.2, 0.25) is 0 Å². The minimum atomic E-state index is -0.427. The summed E-state index contributed by atoms with van der Waals surface area (Å²) in [5.74, 6) is 0. The first-order valence-electron chi connectivity index (χ1n) is 19.6. The van der Waals surface area contributed by atoms with E-state index in [-0.39, 0.29) is 0 Å². The van der Waals surface area contributed by atoms with Crippen LogP contribution in [-0.2, 0) is 10.8 Å². The molecule has 0 unspecified atom stereocenters. The summed E-state index contributed by atoms with van der Waals surface area (Å²) in [6.45, 7) is 0. The van der Waals surface area contributed by atoms with Gasteiger partial charge in [-0.05, 0) is 101 Å². The van der Waals surface area contributed by atoms with E-state index in [1.54, 1.807) is 0 Å². The smallest absolute Gasteiger partial charge is 0.0622 e. The van der Waals surface area contributed by atoms with E-state index in [1.807, 2.05) is 0 Å². The molecule has 0 N–H and O–H groups in total. The average molecular weight is 711 g/mol. The van der Waals surface area contributed by atoms with Crippen molar-refractivity contribution in [3.05, 3.63) is 275 Å². The molecule has 0 atom stereocenters. The lowest BCUT2D eigenvalue weighted by atomic mass is 9.67. The molecule has 2 aliphatic carbocycles. The van der Waals surface area contributed by atoms with Gasteiger partial charge in [0, 0.05) is 0 Å². The summed E-state index contributed by atoms with van der Waals surface area (Å²) >= 11 is 0. The molecule has 0 heterocycles. The van der Waals surface area contributed by atoms with E-state index in [1.165, 1.54) is 89.0 Å². The zero-order valence-electron chi connectivity index (χ0n) is 30.9. The van der Waals surface area contributed by atoms with E-state index < -0.39 is 10.8 Å². The second-order valence-corrected chi connectivity index (χ2v) is 15.2. The molecule has 0 bridgehead atoms. The fourth-order valence-corrected chi connectivity index (χ4v) is 10.1. The molecular formula is C56H38. The third-order valence-electron chi connectivity index (χ3n) is 12.5. The van der Waals surface area contributed by atoms with Crippen LogP contribution in [0.4, 0.5) is 0 Å². The van der Waals surface area contributed by atoms with Crippen molar-refractivity contribution in [3.63, 3.8) is 0 Å². The van der Waals surface area contributed by atoms with E-state index in [0.29, 0.717) is 0 Å². The van der Waals surface area contributed by atoms with E-state index >= 15 is 0 Å². The van der Waals surface area contributed by atoms with Crippen LogP contribution in [0.5, 0.6) is 0 Å². The van der Waals surface area contributed by atoms with Gasteiger partial charge in [0.1, 0.15) is 0 Å². The van der Waals surface area contributed by atoms with Crippen molar-refractivity contribution < 1.29 is 0 Å². The number of fused-ring (bicyclic) bond motifs is 6. The fraction of sp³-hybridized carbons (Fsp3) is 0.0357. The Morgan fingerprint density at radius 3 is 0.982 bits per heavy atom. The van der Waals surface area contributed by atoms with Crippen LogP contribution in [0.3, 0.4) is 0 Å². The van der Waals surface area contributed by atoms with Gasteiger partial charge in [0.05, 0.1) is 10.8 Å². The highest BCUT2D eigenvalue weighted by Crippen LogP contribution is 2.57. The minimum absolute atomic E-state index is 0.401. The van der Waals surface area contributed by atoms with Crippen molar-refractivity contribution in [2.75, 3.05) is 0 Å². The summed E-state index contributed by atoms with van der Waals surface area (Å²) in [5.41, 5.74) is 19.7. The van der Waals surface area contributed by atoms with Crippen LogP contribution in [-0.4, -0.2) is 0 Å². The Hall–Kier alpha value is -7.02. The first-order chi connectivity index (χ1) is 27.8. The van der Waals surface area contributed by atoms with E-state index in [0.717, 1.165) is 0 Å². The van der Waals surface area contributed by atoms with Gasteiger partial charge in [0.25, 0.3) is 0 Å². The molecule has 262 valence electrons. The van der Waals surface area contributed by atoms with Crippen LogP contribution >= 0.6 is 0 Å². The maximum atomic E-state index is 2.42. The zero-order chi connectivity index (χ0) is 37.1. The Labute approximate surface area is 329 Å². The van der Waals surface area contributed by atoms with E-state index in [4.69, 9.17) is 0 Å². The monoisotopic (exact) mass is 710 g/mol. The lowest BCUT2D eigenvalue weighted by Crippen LogP contribution is -2.28. The predicted molar refractivity (Wildman–Crippen MR) is 232 cm³/mol. The van der Waals surface area contributed by atoms with Crippen LogP contribution in [0.25, 0.3) is 44.5 Å². The third kappa shape index (κ3) is 4.60. The van der Waals surface area contributed by atoms with Crippen molar-refractivity contribution >= 4 is 0 Å². The van der Waals surface area contributed by atoms with E-state index in [2.05, 4.69) is 231 Å². The molecule has 0 radical (unpaired) electrons. The molecule has 0 aliphatic heterocycles. The molecule has 0 nitrogen and oxygen atoms in total. The first kappa shape index (κ1) is 32.4. The number of hydrogen-bond donors (Lipinski definition) is 0. The highest BCUT2D eigenvalue weighted by molar-refractivity contribution is 5.88. The molecule has 9 aromatic carbocycles. The van der Waals surface area contributed by atoms with Gasteiger partial charge in [0.15, 0.2) is 0 Å². The van der Waals surface area contributed by atoms with Gasteiger partial charge in [-0.1, -0.05) is 218 Å². The van der Waals surface area contributed by atoms with E-state index in [9.17, 15) is 0 Å². The first-order valence-corrected chi connectivity index (χ1v) is 19.6. The largest absolute Gasteiger partial charge is 0.0713 e. The summed E-state index contributed by atoms with van der Waals surface area (Å²) in [6, 6.07) is 85.5. The molecule has 0 saturated heterocycles. The maximum Gasteiger partial charge on any atom is 0.0713 e. The quantitative estimate of drug-likeness (QED) is 0.161. The molecule has 11 rings (SSSR count). The Morgan fingerprint density at radius 2 is 0.518 bits per heavy atom. The van der Waals surface area contributed by atoms with Crippen LogP contribution in [0, 0.1) is 0 Å². The van der Waals surface area contributed by atoms with Gasteiger partial charge in [-0.25, -0.2) is 0 Å². The van der Waals surface area contributed by atoms with Crippen molar-refractivity contribution in [1.82, 2.24) is 0 Å². The van der Waals surface area contributed by atoms with Crippen molar-refractivity contribution in [3.8, 4) is 44.5 Å². The fourth-order valence-electron chi connectivity index (χ4n) is 10.1. The van der Waals surface area contributed by atoms with Crippen LogP contribution in [0.15, 0.2) is 231 Å². The lowest BCUT2D eigenvalue weighted by Gasteiger charge is -2.34. The molecule has 2 aliphatic rings. The summed E-state index contributed by atoms with van der Waals surface area (Å²) in [6.07, 6.45) is 0. The standard InChI is InChI=1S/C56H38/c1-3-20-43(21-4-1)55(51-29-11-7-25-47(51)48-26-8-12-30-52(48)55)45-35-33-39(34-36-45)40-17-15-18-41(37-40)42-19-16-24-46(38-42)56(44-22-5-2-6-23-44)53-31-13-9-27-49(53)50-28-10-14-32-54(50)56/h1-38H. The third-order valence-corrected chi connectivity index (χ3v) is 12.5. The molecule has 0 spiro atoms. The Balaban J connectivity index is 1.02. The summed E-state index contributed by atoms with van der Waals surface area (Å²) in [4.78, 5) is 0. The topological polar surface area (TPSA) is 0 Å². The number of rotatable bonds is 6. The molecule has 0 heteroatoms. The van der Waals surface area contributed by atoms with Crippen LogP contribution < -0.4 is 0 Å². The minimum Gasteiger partial charge on any atom is -0.0622 e. The second kappa shape index (κ2) is 12.8. The molecule has 9 aromatic rings. The molecule has 0 saturated carbocycles. The van der Waals surface area contributed by atoms with Gasteiger partial charge in [-0.2, -0.15) is 0 Å². The summed E-state index contributed by atoms with van der Waals surface area (Å²) in [7, 11) is 0. The molecule has 0 fully saturated rings. The zero-order valence-corrected chi connectivity index (χ0v) is 30.9. The van der Waals surface area contributed by atoms with Gasteiger partial charge >= 0.3 is 0 Å². The average Bonchev–Trinajstić information content (AvgIpc) is 3.76. The van der Waals surface area contributed by atoms with Crippen LogP contribution in [0.2, 0.25) is 0 Å². The Morgan fingerprint density at radius 1 is 0.196 bits per heavy atom. The lowest BCUT2D eigenvalue weighted by molar-refractivity contribution is 0.768. The van der Waals surface area contributed by atoms with Crippen molar-refractivity contribution in [1.29, 1.82) is 0 Å². The molecule has 0 amide bonds. The highest BCUT2D eigenvalue weighted by atomic mass is 14.5. The number of benzene rings is 9. The Bertz CT molecular complexity index is 2810. The molecule has 0 aromatic heterocycles. The van der Waals surface area contributed by atoms with Crippen LogP contribution in [0.1, 0.15) is 44.5 Å². The van der Waals surface area contributed by atoms with Crippen molar-refractivity contribution in [2.45, 2.75) is 10.8 Å². The maximum absolute atomic E-state index is 2.42. The number of hydrogen-bond acceptors (Lipinski definition) is 0. The van der Waals surface area contributed by atoms with Gasteiger partial charge < -0.3 is 0 Å². The summed E-state index contributed by atoms with van der Waals surface area (Å²) in [5, 5.41) is 0. The summed E-state index contributed by atoms with van der Waals surface area (Å²) < 4.78 is 0.